The van der Waals surface area contributed by atoms with Gasteiger partial charge in [-0.05, 0) is 61.0 Å². The number of nitrogens with zero attached hydrogens (tertiary/aromatic N) is 2. The van der Waals surface area contributed by atoms with Gasteiger partial charge < -0.3 is 9.73 Å². The lowest BCUT2D eigenvalue weighted by Gasteiger charge is -2.24. The zero-order chi connectivity index (χ0) is 23.4. The average Bonchev–Trinajstić information content (AvgIpc) is 3.35. The fraction of sp³-hybridized carbons (Fsp3) is 0.0800. The Kier molecular flexibility index (Phi) is 6.26. The molecule has 0 bridgehead atoms. The minimum Gasteiger partial charge on any atom is -0.459 e. The molecule has 1 N–H and O–H groups in total. The summed E-state index contributed by atoms with van der Waals surface area (Å²) in [7, 11) is 0. The summed E-state index contributed by atoms with van der Waals surface area (Å²) >= 11 is 0. The van der Waals surface area contributed by atoms with E-state index in [0.717, 1.165) is 17.7 Å². The number of aryl methyl sites for hydroxylation is 1. The lowest BCUT2D eigenvalue weighted by molar-refractivity contribution is 0.0978. The molecule has 0 aliphatic rings. The number of carbonyl (C=O) groups is 2. The molecule has 8 heteroatoms. The Morgan fingerprint density at radius 3 is 2.58 bits per heavy atom. The van der Waals surface area contributed by atoms with Crippen molar-refractivity contribution in [2.45, 2.75) is 13.5 Å². The largest absolute Gasteiger partial charge is 0.459 e. The summed E-state index contributed by atoms with van der Waals surface area (Å²) in [6, 6.07) is 16.1. The number of pyridine rings is 1. The first kappa shape index (κ1) is 21.9. The van der Waals surface area contributed by atoms with Crippen molar-refractivity contribution in [1.82, 2.24) is 4.98 Å². The molecule has 0 atom stereocenters. The zero-order valence-corrected chi connectivity index (χ0v) is 17.6. The highest BCUT2D eigenvalue weighted by Gasteiger charge is 2.23. The van der Waals surface area contributed by atoms with Crippen molar-refractivity contribution in [3.05, 3.63) is 113 Å². The summed E-state index contributed by atoms with van der Waals surface area (Å²) in [5.41, 5.74) is 1.76. The molecule has 0 radical (unpaired) electrons. The molecule has 2 amide bonds. The summed E-state index contributed by atoms with van der Waals surface area (Å²) in [5.74, 6) is -2.52. The fourth-order valence-electron chi connectivity index (χ4n) is 3.26. The van der Waals surface area contributed by atoms with E-state index in [4.69, 9.17) is 4.42 Å². The second kappa shape index (κ2) is 9.44. The molecule has 2 heterocycles. The lowest BCUT2D eigenvalue weighted by Crippen LogP contribution is -2.31. The SMILES string of the molecule is Cc1ccc(C(=O)N(Cc2ccccn2)c2ccc(F)cc2F)cc1NC(=O)c1ccco1. The Morgan fingerprint density at radius 2 is 1.88 bits per heavy atom. The third-order valence-corrected chi connectivity index (χ3v) is 4.97. The standard InChI is InChI=1S/C25H19F2N3O3/c1-16-7-8-17(13-21(16)29-24(31)23-6-4-12-33-23)25(32)30(15-19-5-2-3-11-28-19)22-10-9-18(26)14-20(22)27/h2-14H,15H2,1H3,(H,29,31). The highest BCUT2D eigenvalue weighted by molar-refractivity contribution is 6.08. The van der Waals surface area contributed by atoms with E-state index in [1.54, 1.807) is 49.5 Å². The first-order valence-electron chi connectivity index (χ1n) is 10.0. The van der Waals surface area contributed by atoms with Crippen LogP contribution in [-0.2, 0) is 6.54 Å². The number of rotatable bonds is 6. The Hall–Kier alpha value is -4.33. The van der Waals surface area contributed by atoms with Crippen molar-refractivity contribution >= 4 is 23.2 Å². The molecule has 4 aromatic rings. The highest BCUT2D eigenvalue weighted by Crippen LogP contribution is 2.26. The van der Waals surface area contributed by atoms with Gasteiger partial charge in [-0.1, -0.05) is 12.1 Å². The smallest absolute Gasteiger partial charge is 0.291 e. The number of benzene rings is 2. The van der Waals surface area contributed by atoms with Gasteiger partial charge in [0.15, 0.2) is 5.76 Å². The second-order valence-electron chi connectivity index (χ2n) is 7.27. The van der Waals surface area contributed by atoms with Gasteiger partial charge >= 0.3 is 0 Å². The first-order chi connectivity index (χ1) is 15.9. The summed E-state index contributed by atoms with van der Waals surface area (Å²) in [5, 5.41) is 2.72. The molecule has 0 fully saturated rings. The second-order valence-corrected chi connectivity index (χ2v) is 7.27. The average molecular weight is 447 g/mol. The van der Waals surface area contributed by atoms with E-state index in [-0.39, 0.29) is 23.6 Å². The van der Waals surface area contributed by atoms with Crippen molar-refractivity contribution < 1.29 is 22.8 Å². The first-order valence-corrected chi connectivity index (χ1v) is 10.0. The normalized spacial score (nSPS) is 10.6. The summed E-state index contributed by atoms with van der Waals surface area (Å²) < 4.78 is 33.2. The van der Waals surface area contributed by atoms with Gasteiger partial charge in [-0.3, -0.25) is 19.5 Å². The van der Waals surface area contributed by atoms with Crippen LogP contribution in [0.5, 0.6) is 0 Å². The minimum absolute atomic E-state index is 0.0375. The molecular weight excluding hydrogens is 428 g/mol. The van der Waals surface area contributed by atoms with Gasteiger partial charge in [-0.2, -0.15) is 0 Å². The van der Waals surface area contributed by atoms with Crippen molar-refractivity contribution in [3.8, 4) is 0 Å². The summed E-state index contributed by atoms with van der Waals surface area (Å²) in [6.45, 7) is 1.74. The van der Waals surface area contributed by atoms with Gasteiger partial charge in [0.1, 0.15) is 11.6 Å². The molecule has 166 valence electrons. The van der Waals surface area contributed by atoms with Gasteiger partial charge in [-0.25, -0.2) is 8.78 Å². The van der Waals surface area contributed by atoms with Crippen LogP contribution in [0.3, 0.4) is 0 Å². The van der Waals surface area contributed by atoms with Crippen molar-refractivity contribution in [2.24, 2.45) is 0 Å². The Morgan fingerprint density at radius 1 is 1.03 bits per heavy atom. The van der Waals surface area contributed by atoms with E-state index in [0.29, 0.717) is 11.4 Å². The van der Waals surface area contributed by atoms with Gasteiger partial charge in [0.05, 0.1) is 24.2 Å². The van der Waals surface area contributed by atoms with E-state index in [1.807, 2.05) is 0 Å². The molecule has 0 saturated heterocycles. The number of hydrogen-bond donors (Lipinski definition) is 1. The topological polar surface area (TPSA) is 75.4 Å². The van der Waals surface area contributed by atoms with Gasteiger partial charge in [0, 0.05) is 23.5 Å². The monoisotopic (exact) mass is 447 g/mol. The number of anilines is 2. The molecule has 2 aromatic heterocycles. The molecular formula is C25H19F2N3O3. The van der Waals surface area contributed by atoms with E-state index in [1.165, 1.54) is 29.4 Å². The maximum atomic E-state index is 14.6. The Balaban J connectivity index is 1.69. The van der Waals surface area contributed by atoms with Crippen LogP contribution in [0.2, 0.25) is 0 Å². The molecule has 33 heavy (non-hydrogen) atoms. The van der Waals surface area contributed by atoms with Crippen LogP contribution < -0.4 is 10.2 Å². The number of nitrogens with one attached hydrogen (secondary N) is 1. The van der Waals surface area contributed by atoms with Crippen LogP contribution in [-0.4, -0.2) is 16.8 Å². The predicted molar refractivity (Wildman–Crippen MR) is 119 cm³/mol. The molecule has 2 aromatic carbocycles. The third-order valence-electron chi connectivity index (χ3n) is 4.97. The van der Waals surface area contributed by atoms with Crippen LogP contribution in [0.15, 0.2) is 83.6 Å². The minimum atomic E-state index is -0.877. The third kappa shape index (κ3) is 4.95. The van der Waals surface area contributed by atoms with Gasteiger partial charge in [0.2, 0.25) is 0 Å². The maximum Gasteiger partial charge on any atom is 0.291 e. The van der Waals surface area contributed by atoms with Gasteiger partial charge in [-0.15, -0.1) is 0 Å². The number of carbonyl (C=O) groups excluding carboxylic acids is 2. The lowest BCUT2D eigenvalue weighted by atomic mass is 10.1. The number of hydrogen-bond acceptors (Lipinski definition) is 4. The zero-order valence-electron chi connectivity index (χ0n) is 17.6. The van der Waals surface area contributed by atoms with Crippen LogP contribution in [0, 0.1) is 18.6 Å². The number of aromatic nitrogens is 1. The van der Waals surface area contributed by atoms with E-state index in [9.17, 15) is 18.4 Å². The molecule has 0 unspecified atom stereocenters. The van der Waals surface area contributed by atoms with E-state index >= 15 is 0 Å². The maximum absolute atomic E-state index is 14.6. The molecule has 0 aliphatic heterocycles. The van der Waals surface area contributed by atoms with E-state index < -0.39 is 23.4 Å². The van der Waals surface area contributed by atoms with Crippen LogP contribution >= 0.6 is 0 Å². The quantitative estimate of drug-likeness (QED) is 0.432. The Bertz CT molecular complexity index is 1290. The number of furan rings is 1. The number of halogens is 2. The van der Waals surface area contributed by atoms with E-state index in [2.05, 4.69) is 10.3 Å². The van der Waals surface area contributed by atoms with Crippen LogP contribution in [0.25, 0.3) is 0 Å². The molecule has 6 nitrogen and oxygen atoms in total. The molecule has 0 aliphatic carbocycles. The fourth-order valence-corrected chi connectivity index (χ4v) is 3.26. The molecule has 4 rings (SSSR count). The van der Waals surface area contributed by atoms with Crippen molar-refractivity contribution in [1.29, 1.82) is 0 Å². The van der Waals surface area contributed by atoms with Crippen molar-refractivity contribution in [2.75, 3.05) is 10.2 Å². The Labute approximate surface area is 188 Å². The van der Waals surface area contributed by atoms with Crippen molar-refractivity contribution in [3.63, 3.8) is 0 Å². The van der Waals surface area contributed by atoms with Gasteiger partial charge in [0.25, 0.3) is 11.8 Å². The predicted octanol–water partition coefficient (Wildman–Crippen LogP) is 5.36. The highest BCUT2D eigenvalue weighted by atomic mass is 19.1. The summed E-state index contributed by atoms with van der Waals surface area (Å²) in [4.78, 5) is 31.2. The molecule has 0 spiro atoms. The summed E-state index contributed by atoms with van der Waals surface area (Å²) in [6.07, 6.45) is 2.95. The van der Waals surface area contributed by atoms with Crippen LogP contribution in [0.1, 0.15) is 32.2 Å². The number of amides is 2. The van der Waals surface area contributed by atoms with Crippen LogP contribution in [0.4, 0.5) is 20.2 Å². The molecule has 0 saturated carbocycles.